The predicted molar refractivity (Wildman–Crippen MR) is 180 cm³/mol. The minimum absolute atomic E-state index is 0. The second kappa shape index (κ2) is 38.1. The first-order chi connectivity index (χ1) is 20.1. The minimum atomic E-state index is -3.82. The van der Waals surface area contributed by atoms with E-state index in [0.29, 0.717) is 0 Å². The summed E-state index contributed by atoms with van der Waals surface area (Å²) < 4.78 is 33.9. The molecule has 0 bridgehead atoms. The Bertz CT molecular complexity index is 541. The van der Waals surface area contributed by atoms with Crippen molar-refractivity contribution in [3.05, 3.63) is 0 Å². The van der Waals surface area contributed by atoms with Gasteiger partial charge >= 0.3 is 40.0 Å². The molecule has 0 spiro atoms. The number of hydrogen-bond acceptors (Lipinski definition) is 4. The maximum Gasteiger partial charge on any atom is 1.00 e. The fourth-order valence-corrected chi connectivity index (χ4v) is 6.37. The Balaban J connectivity index is 0. The molecule has 0 saturated heterocycles. The average molecular weight is 626 g/mol. The molecule has 0 N–H and O–H groups in total. The van der Waals surface area contributed by atoms with Gasteiger partial charge in [0.2, 0.25) is 0 Å². The van der Waals surface area contributed by atoms with Crippen molar-refractivity contribution >= 4 is 10.4 Å². The first-order valence-electron chi connectivity index (χ1n) is 18.7. The van der Waals surface area contributed by atoms with Crippen LogP contribution < -0.4 is 29.6 Å². The Morgan fingerprint density at radius 2 is 0.476 bits per heavy atom. The molecule has 6 heteroatoms. The van der Waals surface area contributed by atoms with Crippen molar-refractivity contribution in [1.82, 2.24) is 0 Å². The van der Waals surface area contributed by atoms with Crippen molar-refractivity contribution in [3.63, 3.8) is 0 Å². The first kappa shape index (κ1) is 45.0. The zero-order chi connectivity index (χ0) is 30.0. The summed E-state index contributed by atoms with van der Waals surface area (Å²) in [5.74, 6) is 0. The molecule has 0 aromatic rings. The quantitative estimate of drug-likeness (QED) is 0.0514. The molecule has 0 aliphatic carbocycles. The molecule has 42 heavy (non-hydrogen) atoms. The Morgan fingerprint density at radius 3 is 0.667 bits per heavy atom. The molecule has 0 saturated carbocycles. The van der Waals surface area contributed by atoms with Crippen molar-refractivity contribution < 1.29 is 46.3 Å². The molecule has 0 heterocycles. The van der Waals surface area contributed by atoms with Crippen LogP contribution >= 0.6 is 0 Å². The molecule has 0 aliphatic heterocycles. The van der Waals surface area contributed by atoms with Gasteiger partial charge < -0.3 is 0 Å². The second-order valence-electron chi connectivity index (χ2n) is 12.7. The van der Waals surface area contributed by atoms with Gasteiger partial charge in [0.05, 0.1) is 13.2 Å². The summed E-state index contributed by atoms with van der Waals surface area (Å²) in [5.41, 5.74) is 0. The summed E-state index contributed by atoms with van der Waals surface area (Å²) in [6.07, 6.45) is 41.8. The molecule has 0 unspecified atom stereocenters. The van der Waals surface area contributed by atoms with Crippen LogP contribution in [0.1, 0.15) is 219 Å². The van der Waals surface area contributed by atoms with Crippen LogP contribution in [0.5, 0.6) is 0 Å². The van der Waals surface area contributed by atoms with Crippen LogP contribution in [0.3, 0.4) is 0 Å². The summed E-state index contributed by atoms with van der Waals surface area (Å²) in [4.78, 5) is 0. The van der Waals surface area contributed by atoms with Gasteiger partial charge in [-0.25, -0.2) is 8.37 Å². The van der Waals surface area contributed by atoms with Gasteiger partial charge in [0, 0.05) is 0 Å². The van der Waals surface area contributed by atoms with Crippen LogP contribution in [-0.2, 0) is 18.8 Å². The third-order valence-electron chi connectivity index (χ3n) is 8.45. The van der Waals surface area contributed by atoms with Crippen molar-refractivity contribution in [1.29, 1.82) is 0 Å². The molecule has 0 amide bonds. The molecule has 0 aromatic heterocycles. The molecule has 0 aliphatic rings. The molecular formula is C36H74NaO4S+. The van der Waals surface area contributed by atoms with Gasteiger partial charge in [-0.3, -0.25) is 0 Å². The van der Waals surface area contributed by atoms with E-state index < -0.39 is 10.4 Å². The Hall–Kier alpha value is 0.870. The van der Waals surface area contributed by atoms with Crippen LogP contribution in [0, 0.1) is 0 Å². The minimum Gasteiger partial charge on any atom is -0.248 e. The van der Waals surface area contributed by atoms with Gasteiger partial charge in [-0.15, -0.1) is 0 Å². The van der Waals surface area contributed by atoms with Gasteiger partial charge in [-0.05, 0) is 12.8 Å². The van der Waals surface area contributed by atoms with E-state index in [-0.39, 0.29) is 42.8 Å². The molecule has 4 nitrogen and oxygen atoms in total. The van der Waals surface area contributed by atoms with E-state index in [9.17, 15) is 8.42 Å². The summed E-state index contributed by atoms with van der Waals surface area (Å²) in [7, 11) is -3.82. The van der Waals surface area contributed by atoms with Crippen LogP contribution in [0.2, 0.25) is 0 Å². The summed E-state index contributed by atoms with van der Waals surface area (Å²) >= 11 is 0. The number of unbranched alkanes of at least 4 members (excludes halogenated alkanes) is 30. The van der Waals surface area contributed by atoms with Gasteiger partial charge in [0.1, 0.15) is 0 Å². The monoisotopic (exact) mass is 626 g/mol. The number of rotatable bonds is 36. The smallest absolute Gasteiger partial charge is 0.248 e. The van der Waals surface area contributed by atoms with Gasteiger partial charge in [0.15, 0.2) is 0 Å². The van der Waals surface area contributed by atoms with Crippen LogP contribution in [0.15, 0.2) is 0 Å². The van der Waals surface area contributed by atoms with E-state index in [1.165, 1.54) is 180 Å². The summed E-state index contributed by atoms with van der Waals surface area (Å²) in [5, 5.41) is 0. The van der Waals surface area contributed by atoms with E-state index in [0.717, 1.165) is 25.7 Å². The van der Waals surface area contributed by atoms with Gasteiger partial charge in [-0.2, -0.15) is 8.42 Å². The largest absolute Gasteiger partial charge is 1.00 e. The second-order valence-corrected chi connectivity index (χ2v) is 13.9. The predicted octanol–water partition coefficient (Wildman–Crippen LogP) is 9.79. The number of hydrogen-bond donors (Lipinski definition) is 0. The third kappa shape index (κ3) is 38.9. The Labute approximate surface area is 287 Å². The van der Waals surface area contributed by atoms with Gasteiger partial charge in [0.25, 0.3) is 0 Å². The third-order valence-corrected chi connectivity index (χ3v) is 9.36. The van der Waals surface area contributed by atoms with Crippen molar-refractivity contribution in [3.8, 4) is 0 Å². The van der Waals surface area contributed by atoms with E-state index >= 15 is 0 Å². The summed E-state index contributed by atoms with van der Waals surface area (Å²) in [6.45, 7) is 5.06. The maximum atomic E-state index is 11.9. The van der Waals surface area contributed by atoms with E-state index in [2.05, 4.69) is 13.8 Å². The van der Waals surface area contributed by atoms with Crippen LogP contribution in [0.25, 0.3) is 0 Å². The van der Waals surface area contributed by atoms with Crippen LogP contribution in [0.4, 0.5) is 0 Å². The zero-order valence-electron chi connectivity index (χ0n) is 29.1. The molecule has 0 radical (unpaired) electrons. The molecule has 0 fully saturated rings. The molecule has 248 valence electrons. The Kier molecular flexibility index (Phi) is 40.8. The Morgan fingerprint density at radius 1 is 0.310 bits per heavy atom. The van der Waals surface area contributed by atoms with Gasteiger partial charge in [-0.1, -0.05) is 206 Å². The molecular weight excluding hydrogens is 551 g/mol. The standard InChI is InChI=1S/C36H74O4S.Na/c1-3-5-7-9-11-13-15-17-19-21-23-25-27-29-31-33-35-39-41(37,38)40-36-34-32-30-28-26-24-22-20-18-16-14-12-10-8-6-4-2;/h3-36H2,1-2H3;/q;+1. The molecule has 0 atom stereocenters. The van der Waals surface area contributed by atoms with Crippen molar-refractivity contribution in [2.75, 3.05) is 13.2 Å². The molecule has 0 aromatic carbocycles. The zero-order valence-corrected chi connectivity index (χ0v) is 31.9. The fraction of sp³-hybridized carbons (Fsp3) is 1.00. The van der Waals surface area contributed by atoms with E-state index in [1.54, 1.807) is 0 Å². The van der Waals surface area contributed by atoms with E-state index in [1.807, 2.05) is 0 Å². The molecule has 0 rings (SSSR count). The maximum absolute atomic E-state index is 11.9. The summed E-state index contributed by atoms with van der Waals surface area (Å²) in [6, 6.07) is 0. The topological polar surface area (TPSA) is 52.6 Å². The normalized spacial score (nSPS) is 11.7. The van der Waals surface area contributed by atoms with Crippen molar-refractivity contribution in [2.24, 2.45) is 0 Å². The average Bonchev–Trinajstić information content (AvgIpc) is 2.96. The SMILES string of the molecule is CCCCCCCCCCCCCCCCCCOS(=O)(=O)OCCCCCCCCCCCCCCCCCC.[Na+]. The fourth-order valence-electron chi connectivity index (χ4n) is 5.66. The van der Waals surface area contributed by atoms with Crippen LogP contribution in [-0.4, -0.2) is 21.6 Å². The van der Waals surface area contributed by atoms with E-state index in [4.69, 9.17) is 8.37 Å². The van der Waals surface area contributed by atoms with Crippen molar-refractivity contribution in [2.45, 2.75) is 219 Å². The first-order valence-corrected chi connectivity index (χ1v) is 20.0.